The standard InChI is InChI=1S/C5H10F3NO.C2H2O4/c1-4(2,10)3(9)5(6,7)8;3-1(4)2(5)6/h3,10H,9H2,1-2H3;(H,3,4)(H,5,6)/t3-;/m1./s1. The van der Waals surface area contributed by atoms with E-state index in [4.69, 9.17) is 24.9 Å². The van der Waals surface area contributed by atoms with E-state index in [1.807, 2.05) is 0 Å². The Morgan fingerprint density at radius 1 is 1.12 bits per heavy atom. The summed E-state index contributed by atoms with van der Waals surface area (Å²) >= 11 is 0. The van der Waals surface area contributed by atoms with Gasteiger partial charge in [0.25, 0.3) is 0 Å². The fraction of sp³-hybridized carbons (Fsp3) is 0.714. The molecule has 9 heteroatoms. The summed E-state index contributed by atoms with van der Waals surface area (Å²) < 4.78 is 35.0. The van der Waals surface area contributed by atoms with Gasteiger partial charge in [0.05, 0.1) is 5.60 Å². The molecule has 0 aliphatic rings. The number of hydrogen-bond donors (Lipinski definition) is 4. The van der Waals surface area contributed by atoms with Crippen LogP contribution in [0.5, 0.6) is 0 Å². The topological polar surface area (TPSA) is 121 Å². The van der Waals surface area contributed by atoms with Crippen LogP contribution in [0.15, 0.2) is 0 Å². The maximum absolute atomic E-state index is 11.7. The van der Waals surface area contributed by atoms with Crippen molar-refractivity contribution in [2.75, 3.05) is 0 Å². The maximum Gasteiger partial charge on any atom is 0.414 e. The predicted molar refractivity (Wildman–Crippen MR) is 45.6 cm³/mol. The van der Waals surface area contributed by atoms with Crippen LogP contribution in [-0.4, -0.2) is 45.1 Å². The van der Waals surface area contributed by atoms with E-state index in [1.165, 1.54) is 0 Å². The van der Waals surface area contributed by atoms with E-state index >= 15 is 0 Å². The summed E-state index contributed by atoms with van der Waals surface area (Å²) in [4.78, 5) is 18.2. The molecule has 0 aromatic carbocycles. The molecule has 5 N–H and O–H groups in total. The monoisotopic (exact) mass is 247 g/mol. The number of carboxylic acids is 2. The lowest BCUT2D eigenvalue weighted by Gasteiger charge is -2.27. The number of aliphatic hydroxyl groups is 1. The lowest BCUT2D eigenvalue weighted by Crippen LogP contribution is -2.52. The first-order valence-electron chi connectivity index (χ1n) is 3.81. The molecule has 0 fully saturated rings. The molecule has 0 bridgehead atoms. The van der Waals surface area contributed by atoms with E-state index in [-0.39, 0.29) is 0 Å². The van der Waals surface area contributed by atoms with Gasteiger partial charge in [0.1, 0.15) is 6.04 Å². The van der Waals surface area contributed by atoms with Crippen molar-refractivity contribution in [3.8, 4) is 0 Å². The third-order valence-corrected chi connectivity index (χ3v) is 1.30. The highest BCUT2D eigenvalue weighted by atomic mass is 19.4. The smallest absolute Gasteiger partial charge is 0.414 e. The van der Waals surface area contributed by atoms with Gasteiger partial charge in [-0.15, -0.1) is 0 Å². The van der Waals surface area contributed by atoms with Crippen molar-refractivity contribution in [1.82, 2.24) is 0 Å². The van der Waals surface area contributed by atoms with Gasteiger partial charge in [-0.1, -0.05) is 0 Å². The minimum Gasteiger partial charge on any atom is -0.473 e. The fourth-order valence-electron chi connectivity index (χ4n) is 0.401. The zero-order valence-electron chi connectivity index (χ0n) is 8.45. The third-order valence-electron chi connectivity index (χ3n) is 1.30. The number of aliphatic carboxylic acids is 2. The summed E-state index contributed by atoms with van der Waals surface area (Å²) in [6.45, 7) is 2.04. The SMILES string of the molecule is CC(C)(O)[C@@H](N)C(F)(F)F.O=C(O)C(=O)O. The molecular formula is C7H12F3NO5. The molecule has 0 aromatic heterocycles. The zero-order chi connectivity index (χ0) is 13.7. The largest absolute Gasteiger partial charge is 0.473 e. The van der Waals surface area contributed by atoms with Crippen molar-refractivity contribution in [3.05, 3.63) is 0 Å². The second-order valence-corrected chi connectivity index (χ2v) is 3.28. The minimum atomic E-state index is -4.53. The summed E-state index contributed by atoms with van der Waals surface area (Å²) in [6, 6.07) is -2.18. The fourth-order valence-corrected chi connectivity index (χ4v) is 0.401. The maximum atomic E-state index is 11.7. The lowest BCUT2D eigenvalue weighted by molar-refractivity contribution is -0.185. The highest BCUT2D eigenvalue weighted by Gasteiger charge is 2.45. The molecule has 1 atom stereocenters. The Morgan fingerprint density at radius 2 is 1.38 bits per heavy atom. The number of nitrogens with two attached hydrogens (primary N) is 1. The van der Waals surface area contributed by atoms with E-state index in [0.717, 1.165) is 13.8 Å². The highest BCUT2D eigenvalue weighted by molar-refractivity contribution is 6.27. The van der Waals surface area contributed by atoms with Crippen molar-refractivity contribution in [3.63, 3.8) is 0 Å². The van der Waals surface area contributed by atoms with Gasteiger partial charge in [0.2, 0.25) is 0 Å². The molecule has 0 aromatic rings. The molecule has 0 saturated carbocycles. The molecule has 0 unspecified atom stereocenters. The lowest BCUT2D eigenvalue weighted by atomic mass is 10.00. The number of carbonyl (C=O) groups is 2. The second-order valence-electron chi connectivity index (χ2n) is 3.28. The number of hydrogen-bond acceptors (Lipinski definition) is 4. The first-order chi connectivity index (χ1) is 6.80. The van der Waals surface area contributed by atoms with Crippen molar-refractivity contribution in [2.45, 2.75) is 31.7 Å². The second kappa shape index (κ2) is 5.66. The number of halogens is 3. The van der Waals surface area contributed by atoms with Gasteiger partial charge in [-0.05, 0) is 13.8 Å². The molecule has 0 amide bonds. The summed E-state index contributed by atoms with van der Waals surface area (Å²) in [7, 11) is 0. The van der Waals surface area contributed by atoms with Crippen LogP contribution in [0.25, 0.3) is 0 Å². The van der Waals surface area contributed by atoms with Gasteiger partial charge in [0, 0.05) is 0 Å². The van der Waals surface area contributed by atoms with Gasteiger partial charge in [-0.2, -0.15) is 13.2 Å². The van der Waals surface area contributed by atoms with Crippen LogP contribution in [0, 0.1) is 0 Å². The Kier molecular flexibility index (Phi) is 6.03. The third kappa shape index (κ3) is 8.00. The van der Waals surface area contributed by atoms with Crippen LogP contribution >= 0.6 is 0 Å². The van der Waals surface area contributed by atoms with E-state index in [2.05, 4.69) is 5.73 Å². The number of carboxylic acid groups (broad SMARTS) is 2. The van der Waals surface area contributed by atoms with E-state index in [9.17, 15) is 13.2 Å². The van der Waals surface area contributed by atoms with Crippen molar-refractivity contribution < 1.29 is 38.1 Å². The van der Waals surface area contributed by atoms with Crippen LogP contribution in [-0.2, 0) is 9.59 Å². The van der Waals surface area contributed by atoms with E-state index < -0.39 is 29.8 Å². The molecular weight excluding hydrogens is 235 g/mol. The first kappa shape index (κ1) is 17.1. The Bertz CT molecular complexity index is 232. The average molecular weight is 247 g/mol. The summed E-state index contributed by atoms with van der Waals surface area (Å²) in [5.74, 6) is -3.65. The van der Waals surface area contributed by atoms with E-state index in [0.29, 0.717) is 0 Å². The summed E-state index contributed by atoms with van der Waals surface area (Å²) in [6.07, 6.45) is -4.53. The van der Waals surface area contributed by atoms with Gasteiger partial charge in [-0.25, -0.2) is 9.59 Å². The van der Waals surface area contributed by atoms with Gasteiger partial charge < -0.3 is 21.1 Å². The highest BCUT2D eigenvalue weighted by Crippen LogP contribution is 2.25. The van der Waals surface area contributed by atoms with Crippen LogP contribution < -0.4 is 5.73 Å². The summed E-state index contributed by atoms with van der Waals surface area (Å²) in [5, 5.41) is 23.6. The molecule has 0 aliphatic heterocycles. The molecule has 16 heavy (non-hydrogen) atoms. The average Bonchev–Trinajstić information content (AvgIpc) is 2.00. The summed E-state index contributed by atoms with van der Waals surface area (Å²) in [5.41, 5.74) is 2.75. The molecule has 0 spiro atoms. The Labute approximate surface area is 88.5 Å². The molecule has 0 heterocycles. The Morgan fingerprint density at radius 3 is 1.38 bits per heavy atom. The van der Waals surface area contributed by atoms with Crippen LogP contribution in [0.3, 0.4) is 0 Å². The minimum absolute atomic E-state index is 1.02. The molecule has 0 saturated heterocycles. The molecule has 0 radical (unpaired) electrons. The molecule has 0 rings (SSSR count). The number of alkyl halides is 3. The van der Waals surface area contributed by atoms with Crippen molar-refractivity contribution in [2.24, 2.45) is 5.73 Å². The van der Waals surface area contributed by atoms with Gasteiger partial charge in [0.15, 0.2) is 0 Å². The van der Waals surface area contributed by atoms with Crippen molar-refractivity contribution in [1.29, 1.82) is 0 Å². The first-order valence-corrected chi connectivity index (χ1v) is 3.81. The molecule has 6 nitrogen and oxygen atoms in total. The zero-order valence-corrected chi connectivity index (χ0v) is 8.45. The quantitative estimate of drug-likeness (QED) is 0.476. The molecule has 96 valence electrons. The predicted octanol–water partition coefficient (Wildman–Crippen LogP) is -0.198. The number of rotatable bonds is 1. The van der Waals surface area contributed by atoms with E-state index in [1.54, 1.807) is 0 Å². The Hall–Kier alpha value is -1.35. The van der Waals surface area contributed by atoms with Crippen LogP contribution in [0.2, 0.25) is 0 Å². The van der Waals surface area contributed by atoms with Crippen LogP contribution in [0.1, 0.15) is 13.8 Å². The van der Waals surface area contributed by atoms with Crippen molar-refractivity contribution >= 4 is 11.9 Å². The van der Waals surface area contributed by atoms with Gasteiger partial charge >= 0.3 is 18.1 Å². The van der Waals surface area contributed by atoms with Gasteiger partial charge in [-0.3, -0.25) is 0 Å². The Balaban J connectivity index is 0. The molecule has 0 aliphatic carbocycles. The van der Waals surface area contributed by atoms with Crippen LogP contribution in [0.4, 0.5) is 13.2 Å². The normalized spacial score (nSPS) is 13.4.